The summed E-state index contributed by atoms with van der Waals surface area (Å²) in [5, 5.41) is 11.9. The summed E-state index contributed by atoms with van der Waals surface area (Å²) in [6.45, 7) is 0.332. The van der Waals surface area contributed by atoms with Gasteiger partial charge in [0.15, 0.2) is 6.61 Å². The zero-order valence-electron chi connectivity index (χ0n) is 16.7. The molecule has 0 spiro atoms. The van der Waals surface area contributed by atoms with Crippen LogP contribution >= 0.6 is 11.6 Å². The topological polar surface area (TPSA) is 113 Å². The first-order valence-corrected chi connectivity index (χ1v) is 11.6. The number of anilines is 1. The molecule has 10 heteroatoms. The van der Waals surface area contributed by atoms with Crippen molar-refractivity contribution in [2.24, 2.45) is 0 Å². The third-order valence-electron chi connectivity index (χ3n) is 4.85. The van der Waals surface area contributed by atoms with Crippen LogP contribution in [0.3, 0.4) is 0 Å². The molecule has 2 aromatic rings. The molecule has 0 atom stereocenters. The number of nitrogens with zero attached hydrogens (tertiary/aromatic N) is 1. The molecule has 0 saturated carbocycles. The molecule has 0 bridgehead atoms. The van der Waals surface area contributed by atoms with Gasteiger partial charge in [-0.05, 0) is 55.3 Å². The van der Waals surface area contributed by atoms with Crippen molar-refractivity contribution < 1.29 is 27.9 Å². The van der Waals surface area contributed by atoms with Gasteiger partial charge in [0.2, 0.25) is 10.0 Å². The van der Waals surface area contributed by atoms with Crippen molar-refractivity contribution in [1.82, 2.24) is 4.31 Å². The lowest BCUT2D eigenvalue weighted by molar-refractivity contribution is -0.119. The number of aromatic hydroxyl groups is 1. The highest BCUT2D eigenvalue weighted by Gasteiger charge is 2.26. The maximum absolute atomic E-state index is 13.0. The molecule has 2 aromatic carbocycles. The van der Waals surface area contributed by atoms with Gasteiger partial charge in [-0.3, -0.25) is 4.79 Å². The summed E-state index contributed by atoms with van der Waals surface area (Å²) in [4.78, 5) is 24.2. The second-order valence-corrected chi connectivity index (χ2v) is 9.48. The fraction of sp³-hybridized carbons (Fsp3) is 0.333. The van der Waals surface area contributed by atoms with E-state index in [0.29, 0.717) is 13.1 Å². The predicted octanol–water partition coefficient (Wildman–Crippen LogP) is 3.41. The van der Waals surface area contributed by atoms with Crippen molar-refractivity contribution in [2.45, 2.75) is 30.6 Å². The Hall–Kier alpha value is -2.62. The molecule has 1 saturated heterocycles. The number of halogens is 1. The number of ether oxygens (including phenoxy) is 1. The standard InChI is InChI=1S/C21H23ClN2O6S/c22-18-10-9-17(31(28,29)24-11-3-1-2-4-12-24)13-19(18)23-20(26)14-30-21(27)15-5-7-16(25)8-6-15/h5-10,13,25H,1-4,11-12,14H2,(H,23,26). The van der Waals surface area contributed by atoms with E-state index in [1.54, 1.807) is 0 Å². The van der Waals surface area contributed by atoms with E-state index >= 15 is 0 Å². The summed E-state index contributed by atoms with van der Waals surface area (Å²) < 4.78 is 32.3. The molecule has 1 aliphatic rings. The highest BCUT2D eigenvalue weighted by molar-refractivity contribution is 7.89. The van der Waals surface area contributed by atoms with Gasteiger partial charge in [0.1, 0.15) is 5.75 Å². The molecule has 166 valence electrons. The fourth-order valence-electron chi connectivity index (χ4n) is 3.19. The van der Waals surface area contributed by atoms with Gasteiger partial charge >= 0.3 is 5.97 Å². The predicted molar refractivity (Wildman–Crippen MR) is 116 cm³/mol. The maximum Gasteiger partial charge on any atom is 0.338 e. The summed E-state index contributed by atoms with van der Waals surface area (Å²) >= 11 is 6.12. The van der Waals surface area contributed by atoms with Gasteiger partial charge in [0.05, 0.1) is 21.2 Å². The molecule has 0 unspecified atom stereocenters. The van der Waals surface area contributed by atoms with Crippen LogP contribution in [0.15, 0.2) is 47.4 Å². The molecule has 1 amide bonds. The van der Waals surface area contributed by atoms with Crippen molar-refractivity contribution in [3.8, 4) is 5.75 Å². The van der Waals surface area contributed by atoms with Crippen LogP contribution in [0.4, 0.5) is 5.69 Å². The molecular weight excluding hydrogens is 444 g/mol. The molecule has 1 heterocycles. The van der Waals surface area contributed by atoms with Crippen LogP contribution in [0.25, 0.3) is 0 Å². The van der Waals surface area contributed by atoms with Crippen molar-refractivity contribution in [3.05, 3.63) is 53.1 Å². The first kappa shape index (κ1) is 23.1. The average Bonchev–Trinajstić information content (AvgIpc) is 3.04. The quantitative estimate of drug-likeness (QED) is 0.631. The molecule has 0 aliphatic carbocycles. The van der Waals surface area contributed by atoms with Crippen LogP contribution < -0.4 is 5.32 Å². The Kier molecular flexibility index (Phi) is 7.53. The third kappa shape index (κ3) is 5.96. The van der Waals surface area contributed by atoms with Gasteiger partial charge in [-0.2, -0.15) is 4.31 Å². The van der Waals surface area contributed by atoms with Crippen LogP contribution in [0.5, 0.6) is 5.75 Å². The summed E-state index contributed by atoms with van der Waals surface area (Å²) in [6, 6.07) is 9.50. The van der Waals surface area contributed by atoms with Crippen LogP contribution in [0, 0.1) is 0 Å². The van der Waals surface area contributed by atoms with E-state index in [1.807, 2.05) is 0 Å². The van der Waals surface area contributed by atoms with Gasteiger partial charge in [0, 0.05) is 13.1 Å². The Bertz CT molecular complexity index is 1050. The minimum atomic E-state index is -3.71. The minimum absolute atomic E-state index is 0.000977. The Balaban J connectivity index is 1.66. The maximum atomic E-state index is 13.0. The number of amides is 1. The van der Waals surface area contributed by atoms with E-state index in [4.69, 9.17) is 16.3 Å². The van der Waals surface area contributed by atoms with Crippen molar-refractivity contribution in [1.29, 1.82) is 0 Å². The number of hydrogen-bond acceptors (Lipinski definition) is 6. The van der Waals surface area contributed by atoms with Crippen molar-refractivity contribution >= 4 is 39.2 Å². The lowest BCUT2D eigenvalue weighted by Gasteiger charge is -2.20. The number of phenols is 1. The largest absolute Gasteiger partial charge is 0.508 e. The summed E-state index contributed by atoms with van der Waals surface area (Å²) in [6.07, 6.45) is 3.61. The third-order valence-corrected chi connectivity index (χ3v) is 7.08. The van der Waals surface area contributed by atoms with E-state index in [9.17, 15) is 23.1 Å². The SMILES string of the molecule is O=C(COC(=O)c1ccc(O)cc1)Nc1cc(S(=O)(=O)N2CCCCCC2)ccc1Cl. The highest BCUT2D eigenvalue weighted by Crippen LogP contribution is 2.28. The number of hydrogen-bond donors (Lipinski definition) is 2. The molecule has 2 N–H and O–H groups in total. The lowest BCUT2D eigenvalue weighted by Crippen LogP contribution is -2.32. The molecular formula is C21H23ClN2O6S. The molecule has 0 radical (unpaired) electrons. The zero-order chi connectivity index (χ0) is 22.4. The minimum Gasteiger partial charge on any atom is -0.508 e. The number of carbonyl (C=O) groups excluding carboxylic acids is 2. The van der Waals surface area contributed by atoms with E-state index in [2.05, 4.69) is 5.32 Å². The lowest BCUT2D eigenvalue weighted by atomic mass is 10.2. The highest BCUT2D eigenvalue weighted by atomic mass is 35.5. The number of esters is 1. The average molecular weight is 467 g/mol. The Morgan fingerprint density at radius 1 is 1.03 bits per heavy atom. The second-order valence-electron chi connectivity index (χ2n) is 7.13. The zero-order valence-corrected chi connectivity index (χ0v) is 18.3. The molecule has 0 aromatic heterocycles. The molecule has 8 nitrogen and oxygen atoms in total. The number of benzene rings is 2. The Labute approximate surface area is 185 Å². The monoisotopic (exact) mass is 466 g/mol. The van der Waals surface area contributed by atoms with Gasteiger partial charge in [0.25, 0.3) is 5.91 Å². The van der Waals surface area contributed by atoms with E-state index in [0.717, 1.165) is 25.7 Å². The molecule has 3 rings (SSSR count). The van der Waals surface area contributed by atoms with Crippen molar-refractivity contribution in [3.63, 3.8) is 0 Å². The summed E-state index contributed by atoms with van der Waals surface area (Å²) in [7, 11) is -3.71. The number of phenolic OH excluding ortho intramolecular Hbond substituents is 1. The van der Waals surface area contributed by atoms with Crippen molar-refractivity contribution in [2.75, 3.05) is 25.0 Å². The molecule has 1 aliphatic heterocycles. The first-order chi connectivity index (χ1) is 14.8. The smallest absolute Gasteiger partial charge is 0.338 e. The molecule has 1 fully saturated rings. The van der Waals surface area contributed by atoms with Gasteiger partial charge in [-0.25, -0.2) is 13.2 Å². The van der Waals surface area contributed by atoms with Crippen LogP contribution in [0.2, 0.25) is 5.02 Å². The second kappa shape index (κ2) is 10.1. The molecule has 31 heavy (non-hydrogen) atoms. The van der Waals surface area contributed by atoms with Gasteiger partial charge in [-0.15, -0.1) is 0 Å². The Morgan fingerprint density at radius 2 is 1.68 bits per heavy atom. The van der Waals surface area contributed by atoms with Crippen LogP contribution in [-0.2, 0) is 19.6 Å². The number of carbonyl (C=O) groups is 2. The number of sulfonamides is 1. The first-order valence-electron chi connectivity index (χ1n) is 9.83. The normalized spacial score (nSPS) is 15.1. The fourth-order valence-corrected chi connectivity index (χ4v) is 4.90. The van der Waals surface area contributed by atoms with Gasteiger partial charge < -0.3 is 15.2 Å². The van der Waals surface area contributed by atoms with E-state index in [-0.39, 0.29) is 26.9 Å². The number of nitrogens with one attached hydrogen (secondary N) is 1. The van der Waals surface area contributed by atoms with E-state index < -0.39 is 28.5 Å². The van der Waals surface area contributed by atoms with E-state index in [1.165, 1.54) is 46.8 Å². The summed E-state index contributed by atoms with van der Waals surface area (Å²) in [5.41, 5.74) is 0.289. The number of rotatable bonds is 6. The van der Waals surface area contributed by atoms with Crippen LogP contribution in [0.1, 0.15) is 36.0 Å². The summed E-state index contributed by atoms with van der Waals surface area (Å²) in [5.74, 6) is -1.41. The Morgan fingerprint density at radius 3 is 2.32 bits per heavy atom. The van der Waals surface area contributed by atoms with Gasteiger partial charge in [-0.1, -0.05) is 24.4 Å². The van der Waals surface area contributed by atoms with Crippen LogP contribution in [-0.4, -0.2) is 49.4 Å².